The number of fused-ring (bicyclic) bond motifs is 2. The van der Waals surface area contributed by atoms with Crippen molar-refractivity contribution in [2.24, 2.45) is 0 Å². The van der Waals surface area contributed by atoms with Gasteiger partial charge in [0.1, 0.15) is 11.5 Å². The summed E-state index contributed by atoms with van der Waals surface area (Å²) in [5, 5.41) is 10.9. The molecule has 7 nitrogen and oxygen atoms in total. The molecule has 2 aliphatic heterocycles. The average Bonchev–Trinajstić information content (AvgIpc) is 3.38. The standard InChI is InChI=1S/C24H32N2O5S/c1-2-4-21-25-16-23(32-21)30-14-3-13-29-18-5-6-19-20(15-18)31-17-24(19)8-11-26(12-9-24)10-7-22(27)28/h5-6,15-16H,2-4,7-14,17H2,1H3,(H,27,28). The molecule has 0 saturated carbocycles. The first-order chi connectivity index (χ1) is 15.6. The van der Waals surface area contributed by atoms with E-state index in [-0.39, 0.29) is 11.8 Å². The lowest BCUT2D eigenvalue weighted by Crippen LogP contribution is -2.44. The summed E-state index contributed by atoms with van der Waals surface area (Å²) >= 11 is 1.62. The number of aromatic nitrogens is 1. The molecule has 8 heteroatoms. The second kappa shape index (κ2) is 10.5. The molecule has 1 fully saturated rings. The smallest absolute Gasteiger partial charge is 0.304 e. The number of benzene rings is 1. The fraction of sp³-hybridized carbons (Fsp3) is 0.583. The van der Waals surface area contributed by atoms with E-state index in [1.54, 1.807) is 17.5 Å². The molecular formula is C24H32N2O5S. The number of nitrogens with zero attached hydrogens (tertiary/aromatic N) is 2. The first-order valence-corrected chi connectivity index (χ1v) is 12.3. The maximum absolute atomic E-state index is 10.8. The van der Waals surface area contributed by atoms with Crippen LogP contribution in [0.2, 0.25) is 0 Å². The van der Waals surface area contributed by atoms with E-state index in [1.807, 2.05) is 12.1 Å². The summed E-state index contributed by atoms with van der Waals surface area (Å²) in [5.41, 5.74) is 1.31. The van der Waals surface area contributed by atoms with Crippen molar-refractivity contribution in [2.75, 3.05) is 39.5 Å². The molecule has 1 aromatic carbocycles. The van der Waals surface area contributed by atoms with E-state index in [9.17, 15) is 4.79 Å². The molecule has 0 amide bonds. The number of rotatable bonds is 11. The molecule has 0 radical (unpaired) electrons. The Morgan fingerprint density at radius 3 is 2.88 bits per heavy atom. The van der Waals surface area contributed by atoms with Crippen LogP contribution in [-0.4, -0.2) is 60.4 Å². The molecule has 1 saturated heterocycles. The maximum atomic E-state index is 10.8. The minimum atomic E-state index is -0.733. The number of aliphatic carboxylic acids is 1. The third-order valence-electron chi connectivity index (χ3n) is 6.28. The molecule has 1 spiro atoms. The first kappa shape index (κ1) is 22.9. The second-order valence-electron chi connectivity index (χ2n) is 8.59. The van der Waals surface area contributed by atoms with Gasteiger partial charge in [-0.2, -0.15) is 0 Å². The van der Waals surface area contributed by atoms with E-state index in [2.05, 4.69) is 22.9 Å². The third kappa shape index (κ3) is 5.53. The molecule has 1 N–H and O–H groups in total. The summed E-state index contributed by atoms with van der Waals surface area (Å²) in [7, 11) is 0. The van der Waals surface area contributed by atoms with Crippen molar-refractivity contribution in [2.45, 2.75) is 50.9 Å². The minimum Gasteiger partial charge on any atom is -0.493 e. The normalized spacial score (nSPS) is 17.2. The minimum absolute atomic E-state index is 0.0484. The number of aryl methyl sites for hydroxylation is 1. The maximum Gasteiger partial charge on any atom is 0.304 e. The van der Waals surface area contributed by atoms with Gasteiger partial charge in [-0.25, -0.2) is 4.98 Å². The van der Waals surface area contributed by atoms with Crippen LogP contribution in [0.25, 0.3) is 0 Å². The van der Waals surface area contributed by atoms with Crippen LogP contribution in [0.3, 0.4) is 0 Å². The zero-order valence-corrected chi connectivity index (χ0v) is 19.5. The highest BCUT2D eigenvalue weighted by atomic mass is 32.1. The van der Waals surface area contributed by atoms with Crippen LogP contribution < -0.4 is 14.2 Å². The van der Waals surface area contributed by atoms with Crippen LogP contribution in [0.1, 0.15) is 49.6 Å². The Hall–Kier alpha value is -2.32. The SMILES string of the molecule is CCCc1ncc(OCCCOc2ccc3c(c2)OCC32CCN(CCC(=O)O)CC2)s1. The Bertz CT molecular complexity index is 908. The van der Waals surface area contributed by atoms with Gasteiger partial charge in [-0.1, -0.05) is 24.3 Å². The summed E-state index contributed by atoms with van der Waals surface area (Å²) in [5.74, 6) is 1.01. The van der Waals surface area contributed by atoms with Crippen molar-refractivity contribution in [3.63, 3.8) is 0 Å². The Morgan fingerprint density at radius 2 is 2.09 bits per heavy atom. The van der Waals surface area contributed by atoms with Gasteiger partial charge in [-0.3, -0.25) is 4.79 Å². The van der Waals surface area contributed by atoms with Gasteiger partial charge in [-0.15, -0.1) is 0 Å². The summed E-state index contributed by atoms with van der Waals surface area (Å²) < 4.78 is 17.7. The lowest BCUT2D eigenvalue weighted by Gasteiger charge is -2.38. The van der Waals surface area contributed by atoms with Gasteiger partial charge < -0.3 is 24.2 Å². The number of hydrogen-bond donors (Lipinski definition) is 1. The largest absolute Gasteiger partial charge is 0.493 e. The highest BCUT2D eigenvalue weighted by Gasteiger charge is 2.43. The van der Waals surface area contributed by atoms with Crippen molar-refractivity contribution < 1.29 is 24.1 Å². The predicted octanol–water partition coefficient (Wildman–Crippen LogP) is 4.14. The van der Waals surface area contributed by atoms with E-state index in [0.29, 0.717) is 26.4 Å². The monoisotopic (exact) mass is 460 g/mol. The van der Waals surface area contributed by atoms with Crippen LogP contribution >= 0.6 is 11.3 Å². The fourth-order valence-corrected chi connectivity index (χ4v) is 5.32. The second-order valence-corrected chi connectivity index (χ2v) is 9.66. The number of hydrogen-bond acceptors (Lipinski definition) is 7. The quantitative estimate of drug-likeness (QED) is 0.505. The van der Waals surface area contributed by atoms with Crippen molar-refractivity contribution in [3.8, 4) is 16.6 Å². The summed E-state index contributed by atoms with van der Waals surface area (Å²) in [6.45, 7) is 6.48. The van der Waals surface area contributed by atoms with Crippen molar-refractivity contribution in [1.29, 1.82) is 0 Å². The van der Waals surface area contributed by atoms with E-state index in [4.69, 9.17) is 19.3 Å². The van der Waals surface area contributed by atoms with Crippen molar-refractivity contribution in [3.05, 3.63) is 35.0 Å². The van der Waals surface area contributed by atoms with Crippen LogP contribution in [0.5, 0.6) is 16.6 Å². The molecule has 0 atom stereocenters. The highest BCUT2D eigenvalue weighted by Crippen LogP contribution is 2.46. The Morgan fingerprint density at radius 1 is 1.28 bits per heavy atom. The molecule has 0 aliphatic carbocycles. The van der Waals surface area contributed by atoms with Crippen LogP contribution in [-0.2, 0) is 16.6 Å². The van der Waals surface area contributed by atoms with Gasteiger partial charge >= 0.3 is 5.97 Å². The molecule has 32 heavy (non-hydrogen) atoms. The molecule has 174 valence electrons. The summed E-state index contributed by atoms with van der Waals surface area (Å²) in [6, 6.07) is 6.18. The third-order valence-corrected chi connectivity index (χ3v) is 7.25. The Kier molecular flexibility index (Phi) is 7.52. The van der Waals surface area contributed by atoms with E-state index >= 15 is 0 Å². The first-order valence-electron chi connectivity index (χ1n) is 11.5. The highest BCUT2D eigenvalue weighted by molar-refractivity contribution is 7.13. The number of carboxylic acid groups (broad SMARTS) is 1. The lowest BCUT2D eigenvalue weighted by molar-refractivity contribution is -0.137. The van der Waals surface area contributed by atoms with Crippen LogP contribution in [0.4, 0.5) is 0 Å². The molecule has 2 aliphatic rings. The van der Waals surface area contributed by atoms with E-state index in [0.717, 1.165) is 66.8 Å². The molecular weight excluding hydrogens is 428 g/mol. The molecule has 0 bridgehead atoms. The van der Waals surface area contributed by atoms with Crippen molar-refractivity contribution in [1.82, 2.24) is 9.88 Å². The Labute approximate surface area is 193 Å². The summed E-state index contributed by atoms with van der Waals surface area (Å²) in [6.07, 6.45) is 6.90. The van der Waals surface area contributed by atoms with Crippen LogP contribution in [0, 0.1) is 0 Å². The number of ether oxygens (including phenoxy) is 3. The van der Waals surface area contributed by atoms with Crippen molar-refractivity contribution >= 4 is 17.3 Å². The lowest BCUT2D eigenvalue weighted by atomic mass is 9.74. The van der Waals surface area contributed by atoms with E-state index in [1.165, 1.54) is 5.56 Å². The number of carboxylic acids is 1. The number of likely N-dealkylation sites (tertiary alicyclic amines) is 1. The number of carbonyl (C=O) groups is 1. The number of piperidine rings is 1. The molecule has 3 heterocycles. The Balaban J connectivity index is 1.22. The zero-order valence-electron chi connectivity index (χ0n) is 18.7. The summed E-state index contributed by atoms with van der Waals surface area (Å²) in [4.78, 5) is 17.4. The van der Waals surface area contributed by atoms with Gasteiger partial charge in [0.25, 0.3) is 0 Å². The topological polar surface area (TPSA) is 81.1 Å². The van der Waals surface area contributed by atoms with Gasteiger partial charge in [0.15, 0.2) is 5.06 Å². The van der Waals surface area contributed by atoms with Gasteiger partial charge in [0.2, 0.25) is 0 Å². The van der Waals surface area contributed by atoms with Gasteiger partial charge in [0, 0.05) is 30.0 Å². The van der Waals surface area contributed by atoms with E-state index < -0.39 is 5.97 Å². The van der Waals surface area contributed by atoms with Gasteiger partial charge in [0.05, 0.1) is 37.4 Å². The van der Waals surface area contributed by atoms with Crippen LogP contribution in [0.15, 0.2) is 24.4 Å². The molecule has 0 unspecified atom stereocenters. The van der Waals surface area contributed by atoms with Gasteiger partial charge in [-0.05, 0) is 44.8 Å². The number of thiazole rings is 1. The fourth-order valence-electron chi connectivity index (χ4n) is 4.43. The molecule has 2 aromatic rings. The molecule has 4 rings (SSSR count). The average molecular weight is 461 g/mol. The zero-order chi connectivity index (χ0) is 22.4. The molecule has 1 aromatic heterocycles. The predicted molar refractivity (Wildman–Crippen MR) is 123 cm³/mol.